The first-order valence-electron chi connectivity index (χ1n) is 5.67. The molecule has 1 rings (SSSR count). The topological polar surface area (TPSA) is 0 Å². The fourth-order valence-electron chi connectivity index (χ4n) is 2.14. The molecular weight excluding hydrogens is 529 g/mol. The Morgan fingerprint density at radius 1 is 0.643 bits per heavy atom. The highest BCUT2D eigenvalue weighted by molar-refractivity contribution is 14.4. The van der Waals surface area contributed by atoms with Crippen LogP contribution < -0.4 is 0 Å². The van der Waals surface area contributed by atoms with Crippen molar-refractivity contribution in [3.8, 4) is 0 Å². The molecule has 0 aliphatic heterocycles. The van der Waals surface area contributed by atoms with Gasteiger partial charge in [-0.1, -0.05) is 123 Å². The molecule has 0 spiro atoms. The van der Waals surface area contributed by atoms with Crippen molar-refractivity contribution in [1.82, 2.24) is 0 Å². The highest BCUT2D eigenvalue weighted by atomic mass is 127. The van der Waals surface area contributed by atoms with E-state index in [1.807, 2.05) is 0 Å². The van der Waals surface area contributed by atoms with E-state index in [-0.39, 0.29) is 0 Å². The van der Waals surface area contributed by atoms with Crippen molar-refractivity contribution < 1.29 is 0 Å². The van der Waals surface area contributed by atoms with Crippen LogP contribution in [0.1, 0.15) is 57.8 Å². The van der Waals surface area contributed by atoms with Gasteiger partial charge in [0.1, 0.15) is 0 Å². The molecule has 0 unspecified atom stereocenters. The van der Waals surface area contributed by atoms with E-state index in [2.05, 4.69) is 65.4 Å². The molecule has 0 aromatic carbocycles. The van der Waals surface area contributed by atoms with Gasteiger partial charge in [0.15, 0.2) is 0 Å². The zero-order valence-electron chi connectivity index (χ0n) is 8.58. The first kappa shape index (κ1) is 14.5. The second kappa shape index (κ2) is 7.68. The zero-order chi connectivity index (χ0) is 10.4. The van der Waals surface area contributed by atoms with E-state index in [0.717, 1.165) is 5.54 Å². The van der Waals surface area contributed by atoms with Gasteiger partial charge in [0.25, 0.3) is 0.564 Å². The summed E-state index contributed by atoms with van der Waals surface area (Å²) < 4.78 is -0.940. The normalized spacial score (nSPS) is 23.4. The second-order valence-corrected chi connectivity index (χ2v) is 40.1. The summed E-state index contributed by atoms with van der Waals surface area (Å²) in [6, 6.07) is 0. The third-order valence-corrected chi connectivity index (χ3v) is 12.5. The Balaban J connectivity index is 2.38. The van der Waals surface area contributed by atoms with Crippen LogP contribution >= 0.6 is 65.4 Å². The molecule has 4 heteroatoms. The predicted molar refractivity (Wildman–Crippen MR) is 93.1 cm³/mol. The maximum Gasteiger partial charge on any atom is 0.256 e. The number of hydrogen-bond acceptors (Lipinski definition) is 0. The van der Waals surface area contributed by atoms with Crippen LogP contribution in [-0.4, -0.2) is 0.564 Å². The number of hydrogen-bond donors (Lipinski definition) is 0. The summed E-state index contributed by atoms with van der Waals surface area (Å²) in [6.07, 6.45) is 13.5. The average Bonchev–Trinajstić information content (AvgIpc) is 2.12. The second-order valence-electron chi connectivity index (χ2n) is 4.29. The lowest BCUT2D eigenvalue weighted by Crippen LogP contribution is -2.17. The summed E-state index contributed by atoms with van der Waals surface area (Å²) in [5.74, 6) is 0. The molecule has 0 saturated heterocycles. The lowest BCUT2D eigenvalue weighted by atomic mass is 10.0. The van der Waals surface area contributed by atoms with Crippen molar-refractivity contribution in [2.24, 2.45) is 0 Å². The van der Waals surface area contributed by atoms with Gasteiger partial charge in [-0.05, 0) is 5.54 Å². The van der Waals surface area contributed by atoms with Crippen LogP contribution in [0.5, 0.6) is 0 Å². The van der Waals surface area contributed by atoms with Crippen molar-refractivity contribution in [3.63, 3.8) is 0 Å². The van der Waals surface area contributed by atoms with Gasteiger partial charge in [0.05, 0.1) is 0 Å². The SMILES string of the molecule is I[Si](I)(I)C1CCCCCCCCC1. The van der Waals surface area contributed by atoms with Gasteiger partial charge in [-0.25, -0.2) is 0 Å². The smallest absolute Gasteiger partial charge is 0.0907 e. The minimum atomic E-state index is -0.940. The molecule has 14 heavy (non-hydrogen) atoms. The summed E-state index contributed by atoms with van der Waals surface area (Å²) in [6.45, 7) is 0. The van der Waals surface area contributed by atoms with E-state index >= 15 is 0 Å². The predicted octanol–water partition coefficient (Wildman–Crippen LogP) is 6.13. The van der Waals surface area contributed by atoms with E-state index < -0.39 is 0.564 Å². The van der Waals surface area contributed by atoms with Gasteiger partial charge >= 0.3 is 0 Å². The van der Waals surface area contributed by atoms with E-state index in [0.29, 0.717) is 0 Å². The van der Waals surface area contributed by atoms with Crippen molar-refractivity contribution in [1.29, 1.82) is 0 Å². The monoisotopic (exact) mass is 548 g/mol. The third-order valence-electron chi connectivity index (χ3n) is 3.07. The Hall–Kier alpha value is 2.41. The molecule has 1 aliphatic rings. The molecule has 0 nitrogen and oxygen atoms in total. The summed E-state index contributed by atoms with van der Waals surface area (Å²) in [7, 11) is 0. The van der Waals surface area contributed by atoms with E-state index in [9.17, 15) is 0 Å². The van der Waals surface area contributed by atoms with Crippen LogP contribution in [0.4, 0.5) is 0 Å². The third kappa shape index (κ3) is 6.22. The molecule has 0 amide bonds. The molecule has 0 N–H and O–H groups in total. The fourth-order valence-corrected chi connectivity index (χ4v) is 8.81. The molecule has 0 heterocycles. The van der Waals surface area contributed by atoms with Crippen molar-refractivity contribution in [2.75, 3.05) is 0 Å². The Morgan fingerprint density at radius 3 is 1.36 bits per heavy atom. The summed E-state index contributed by atoms with van der Waals surface area (Å²) in [5.41, 5.74) is 1.07. The van der Waals surface area contributed by atoms with E-state index in [1.54, 1.807) is 0 Å². The zero-order valence-corrected chi connectivity index (χ0v) is 16.0. The van der Waals surface area contributed by atoms with Gasteiger partial charge in [-0.3, -0.25) is 0 Å². The maximum atomic E-state index is 2.76. The Morgan fingerprint density at radius 2 is 1.00 bits per heavy atom. The minimum Gasteiger partial charge on any atom is -0.0907 e. The molecule has 0 aromatic heterocycles. The summed E-state index contributed by atoms with van der Waals surface area (Å²) >= 11 is 8.28. The lowest BCUT2D eigenvalue weighted by Gasteiger charge is -2.24. The van der Waals surface area contributed by atoms with Gasteiger partial charge in [0, 0.05) is 0 Å². The first-order valence-corrected chi connectivity index (χ1v) is 17.1. The first-order chi connectivity index (χ1) is 6.61. The molecule has 0 bridgehead atoms. The Bertz CT molecular complexity index is 146. The maximum absolute atomic E-state index is 2.76. The van der Waals surface area contributed by atoms with Crippen molar-refractivity contribution >= 4 is 66.0 Å². The van der Waals surface area contributed by atoms with Crippen molar-refractivity contribution in [3.05, 3.63) is 0 Å². The molecule has 1 aliphatic carbocycles. The molecule has 1 saturated carbocycles. The molecule has 84 valence electrons. The highest BCUT2D eigenvalue weighted by Gasteiger charge is 2.32. The highest BCUT2D eigenvalue weighted by Crippen LogP contribution is 2.46. The van der Waals surface area contributed by atoms with Gasteiger partial charge in [-0.2, -0.15) is 0 Å². The lowest BCUT2D eigenvalue weighted by molar-refractivity contribution is 0.503. The molecule has 0 radical (unpaired) electrons. The molecule has 0 atom stereocenters. The molecule has 1 fully saturated rings. The summed E-state index contributed by atoms with van der Waals surface area (Å²) in [5, 5.41) is 0. The summed E-state index contributed by atoms with van der Waals surface area (Å²) in [4.78, 5) is 0. The van der Waals surface area contributed by atoms with E-state index in [1.165, 1.54) is 57.8 Å². The van der Waals surface area contributed by atoms with Crippen LogP contribution in [0.3, 0.4) is 0 Å². The van der Waals surface area contributed by atoms with Crippen LogP contribution in [0, 0.1) is 0 Å². The molecule has 0 aromatic rings. The quantitative estimate of drug-likeness (QED) is 0.211. The number of rotatable bonds is 1. The largest absolute Gasteiger partial charge is 0.256 e. The van der Waals surface area contributed by atoms with Gasteiger partial charge in [0.2, 0.25) is 0 Å². The van der Waals surface area contributed by atoms with Crippen LogP contribution in [-0.2, 0) is 0 Å². The van der Waals surface area contributed by atoms with Crippen molar-refractivity contribution in [2.45, 2.75) is 63.3 Å². The van der Waals surface area contributed by atoms with Crippen LogP contribution in [0.15, 0.2) is 0 Å². The Kier molecular flexibility index (Phi) is 7.94. The van der Waals surface area contributed by atoms with Crippen LogP contribution in [0.25, 0.3) is 0 Å². The fraction of sp³-hybridized carbons (Fsp3) is 1.00. The average molecular weight is 548 g/mol. The van der Waals surface area contributed by atoms with Gasteiger partial charge < -0.3 is 0 Å². The van der Waals surface area contributed by atoms with E-state index in [4.69, 9.17) is 0 Å². The number of halogens is 3. The Labute approximate surface area is 127 Å². The molecular formula is C10H19I3Si. The minimum absolute atomic E-state index is 0.940. The van der Waals surface area contributed by atoms with Gasteiger partial charge in [-0.15, -0.1) is 0 Å². The van der Waals surface area contributed by atoms with Crippen LogP contribution in [0.2, 0.25) is 5.54 Å². The standard InChI is InChI=1S/C10H19I3Si/c11-14(12,13)10-8-6-4-2-1-3-5-7-9-10/h10H,1-9H2.